The van der Waals surface area contributed by atoms with Crippen molar-refractivity contribution in [3.8, 4) is 0 Å². The predicted octanol–water partition coefficient (Wildman–Crippen LogP) is 1.06. The van der Waals surface area contributed by atoms with E-state index in [0.717, 1.165) is 12.8 Å². The summed E-state index contributed by atoms with van der Waals surface area (Å²) in [6.45, 7) is 10.1. The number of nitrogens with two attached hydrogens (primary N) is 2. The summed E-state index contributed by atoms with van der Waals surface area (Å²) in [5, 5.41) is 182. The third kappa shape index (κ3) is 30.9. The minimum Gasteiger partial charge on any atom is -0.481 e. The van der Waals surface area contributed by atoms with Crippen molar-refractivity contribution in [1.82, 2.24) is 0 Å². The first-order chi connectivity index (χ1) is 52.9. The fraction of sp³-hybridized carbons (Fsp3) is 0.675. The zero-order valence-corrected chi connectivity index (χ0v) is 64.3. The molecule has 0 aromatic heterocycles. The van der Waals surface area contributed by atoms with Gasteiger partial charge >= 0.3 is 23.9 Å². The molecule has 0 aliphatic carbocycles. The summed E-state index contributed by atoms with van der Waals surface area (Å²) >= 11 is 0. The molecule has 0 spiro atoms. The van der Waals surface area contributed by atoms with Crippen molar-refractivity contribution in [2.45, 2.75) is 314 Å². The highest BCUT2D eigenvalue weighted by molar-refractivity contribution is 5.82. The van der Waals surface area contributed by atoms with Crippen molar-refractivity contribution in [2.75, 3.05) is 0 Å². The Bertz CT molecular complexity index is 3250. The highest BCUT2D eigenvalue weighted by atomic mass is 16.7. The first kappa shape index (κ1) is 94.9. The molecule has 7 aliphatic heterocycles. The number of epoxide rings is 1. The van der Waals surface area contributed by atoms with Crippen LogP contribution in [0.5, 0.6) is 0 Å². The molecule has 7 rings (SSSR count). The molecule has 0 amide bonds. The number of cyclic esters (lactones) is 2. The van der Waals surface area contributed by atoms with E-state index in [1.165, 1.54) is 25.2 Å². The highest BCUT2D eigenvalue weighted by Crippen LogP contribution is 2.41. The zero-order chi connectivity index (χ0) is 82.7. The smallest absolute Gasteiger partial charge is 0.330 e. The summed E-state index contributed by atoms with van der Waals surface area (Å²) in [6, 6.07) is -2.22. The standard InChI is InChI=1S/C47H75NO17.C33H47NO13/c1-27-17-15-13-11-9-7-5-6-8-10-12-14-16-18-34(64-46-44(58)41(48)43(57)30(4)63-46)24-38-40(45(59)60)37(54)26-47(61,65-38)25-36(53)35(52)20-19-31(49)21-32(50)22-33(51)23-39(55)62-29(3)28(2)42(27)56;1-18-10-8-6-4-3-5-7-9-11-21(45-32-30(39)28(34)29(38)19(2)44-32)15-25-27(31(40)41)22(36)17-33(42,47-25)16-20(35)14-24-23(46-24)12-13-26(37)43-18/h5-6,8,10-18,27-38,40-44,46,49-54,56-58,61H,7,9,19-26,48H2,1-4H3,(H,59,60);3-9,11-13,18-25,27-30,32,35-36,38-39,42H,10,14-17,34H2,1-2H3,(H,40,41)/b6-5+,10-8+,13-11+,14-12+,17-15+,18-16+;4-3+,7-5+,8-6+,11-9+,13-12+/t27-,28-,29-,30?,31?,32?,33?,34?,35?,36?,37?,38?,40?,41?,42+,43?,44?,46?,47+;18-,19?,20+,21+,22+,23-,24-,25+,27-,28?,29-,30?,32+,33-/m01/s1. The monoisotopic (exact) mass is 1590 g/mol. The van der Waals surface area contributed by atoms with Crippen LogP contribution in [0.15, 0.2) is 134 Å². The number of hydrogen-bond donors (Lipinski definition) is 19. The van der Waals surface area contributed by atoms with Crippen LogP contribution in [0.25, 0.3) is 0 Å². The van der Waals surface area contributed by atoms with E-state index < -0.39 is 238 Å². The third-order valence-corrected chi connectivity index (χ3v) is 20.8. The first-order valence-electron chi connectivity index (χ1n) is 38.5. The number of carbonyl (C=O) groups excluding carboxylic acids is 2. The molecule has 0 aromatic carbocycles. The van der Waals surface area contributed by atoms with E-state index in [0.29, 0.717) is 6.42 Å². The summed E-state index contributed by atoms with van der Waals surface area (Å²) in [4.78, 5) is 49.5. The van der Waals surface area contributed by atoms with Gasteiger partial charge in [0.1, 0.15) is 42.4 Å². The SMILES string of the molecule is CC1OC(OC2/C=C/C=C/C=C/C=C/CC/C=C/C=C/[C@H](C)[C@@H](O)[C@@H](C)[C@H](C)OC(=O)CC(O)CC(O)CC(O)CCC(O)C(O)C[C@]3(O)CC(O)C(C(=O)O)C(C2)O3)C(O)C(N)C1O.CC1O[C@@H](O[C@H]2/C=C/C=C/C=C/C=C/C[C@@H](C)OC(=O)/C=C/[C@H]3O[C@@H]3C[C@H](O)C[C@]3(O)C[C@H](O)[C@@H](C(=O)O)[C@H](C2)O3)C(O)C(N)[C@@H]1O. The van der Waals surface area contributed by atoms with Crippen LogP contribution in [0.3, 0.4) is 0 Å². The number of carbonyl (C=O) groups is 4. The van der Waals surface area contributed by atoms with Crippen molar-refractivity contribution in [2.24, 2.45) is 35.1 Å². The van der Waals surface area contributed by atoms with E-state index in [4.69, 9.17) is 54.1 Å². The molecule has 17 unspecified atom stereocenters. The molecule has 21 N–H and O–H groups in total. The number of aliphatic hydroxyl groups excluding tert-OH is 13. The Morgan fingerprint density at radius 3 is 1.42 bits per heavy atom. The number of allylic oxidation sites excluding steroid dienone is 16. The Kier molecular flexibility index (Phi) is 39.1. The average molecular weight is 1590 g/mol. The quantitative estimate of drug-likeness (QED) is 0.131. The fourth-order valence-electron chi connectivity index (χ4n) is 14.1. The Labute approximate surface area is 653 Å². The van der Waals surface area contributed by atoms with Crippen molar-refractivity contribution < 1.29 is 149 Å². The predicted molar refractivity (Wildman–Crippen MR) is 402 cm³/mol. The molecule has 33 atom stereocenters. The lowest BCUT2D eigenvalue weighted by molar-refractivity contribution is -0.310. The maximum absolute atomic E-state index is 12.6. The molecular weight excluding hydrogens is 1470 g/mol. The number of aliphatic hydroxyl groups is 15. The van der Waals surface area contributed by atoms with Crippen LogP contribution in [0, 0.1) is 23.7 Å². The van der Waals surface area contributed by atoms with Gasteiger partial charge in [-0.3, -0.25) is 14.4 Å². The van der Waals surface area contributed by atoms with Crippen molar-refractivity contribution in [3.63, 3.8) is 0 Å². The maximum atomic E-state index is 12.6. The number of carboxylic acids is 2. The molecule has 7 heterocycles. The van der Waals surface area contributed by atoms with E-state index in [2.05, 4.69) is 0 Å². The molecule has 5 fully saturated rings. The minimum atomic E-state index is -2.35. The largest absolute Gasteiger partial charge is 0.481 e. The Balaban J connectivity index is 0.000000367. The summed E-state index contributed by atoms with van der Waals surface area (Å²) in [7, 11) is 0. The molecule has 0 saturated carbocycles. The second-order valence-corrected chi connectivity index (χ2v) is 30.4. The van der Waals surface area contributed by atoms with Gasteiger partial charge in [0.15, 0.2) is 24.2 Å². The lowest BCUT2D eigenvalue weighted by Crippen LogP contribution is -2.61. The Morgan fingerprint density at radius 1 is 0.446 bits per heavy atom. The van der Waals surface area contributed by atoms with Gasteiger partial charge < -0.3 is 141 Å². The number of fused-ring (bicyclic) bond motifs is 5. The highest BCUT2D eigenvalue weighted by Gasteiger charge is 2.54. The van der Waals surface area contributed by atoms with Gasteiger partial charge in [-0.05, 0) is 72.3 Å². The average Bonchev–Trinajstić information content (AvgIpc) is 1.03. The zero-order valence-electron chi connectivity index (χ0n) is 64.3. The van der Waals surface area contributed by atoms with Crippen LogP contribution in [0.1, 0.15) is 138 Å². The molecule has 7 aliphatic rings. The summed E-state index contributed by atoms with van der Waals surface area (Å²) in [5.41, 5.74) is 12.0. The van der Waals surface area contributed by atoms with Gasteiger partial charge in [0, 0.05) is 69.3 Å². The first-order valence-corrected chi connectivity index (χ1v) is 38.5. The maximum Gasteiger partial charge on any atom is 0.330 e. The van der Waals surface area contributed by atoms with E-state index >= 15 is 0 Å². The van der Waals surface area contributed by atoms with Crippen LogP contribution in [0.2, 0.25) is 0 Å². The molecule has 632 valence electrons. The van der Waals surface area contributed by atoms with Gasteiger partial charge in [-0.25, -0.2) is 4.79 Å². The van der Waals surface area contributed by atoms with Crippen LogP contribution < -0.4 is 11.5 Å². The number of carboxylic acid groups (broad SMARTS) is 2. The number of aliphatic carboxylic acids is 2. The van der Waals surface area contributed by atoms with Gasteiger partial charge in [-0.15, -0.1) is 0 Å². The molecule has 4 bridgehead atoms. The van der Waals surface area contributed by atoms with E-state index in [-0.39, 0.29) is 63.4 Å². The minimum absolute atomic E-state index is 0.0789. The molecule has 32 heteroatoms. The number of ether oxygens (including phenoxy) is 9. The van der Waals surface area contributed by atoms with Crippen molar-refractivity contribution in [3.05, 3.63) is 134 Å². The van der Waals surface area contributed by atoms with E-state index in [1.807, 2.05) is 55.5 Å². The van der Waals surface area contributed by atoms with E-state index in [9.17, 15) is 106 Å². The van der Waals surface area contributed by atoms with E-state index in [1.54, 1.807) is 94.5 Å². The topological polar surface area (TPSA) is 551 Å². The van der Waals surface area contributed by atoms with Gasteiger partial charge in [0.05, 0.1) is 128 Å². The van der Waals surface area contributed by atoms with Gasteiger partial charge in [-0.2, -0.15) is 0 Å². The summed E-state index contributed by atoms with van der Waals surface area (Å²) in [5.74, 6) is -12.3. The molecular formula is C80H122N2O30. The van der Waals surface area contributed by atoms with Crippen LogP contribution in [-0.2, 0) is 61.8 Å². The lowest BCUT2D eigenvalue weighted by atomic mass is 9.82. The van der Waals surface area contributed by atoms with Crippen molar-refractivity contribution >= 4 is 23.9 Å². The molecule has 5 saturated heterocycles. The summed E-state index contributed by atoms with van der Waals surface area (Å²) < 4.78 is 51.7. The van der Waals surface area contributed by atoms with Crippen LogP contribution in [-0.4, -0.2) is 287 Å². The number of esters is 2. The van der Waals surface area contributed by atoms with Gasteiger partial charge in [-0.1, -0.05) is 135 Å². The molecule has 0 radical (unpaired) electrons. The second kappa shape index (κ2) is 46.1. The van der Waals surface area contributed by atoms with Gasteiger partial charge in [0.25, 0.3) is 0 Å². The lowest BCUT2D eigenvalue weighted by Gasteiger charge is -2.45. The molecule has 32 nitrogen and oxygen atoms in total. The second-order valence-electron chi connectivity index (χ2n) is 30.4. The Morgan fingerprint density at radius 2 is 0.902 bits per heavy atom. The number of rotatable bonds is 6. The summed E-state index contributed by atoms with van der Waals surface area (Å²) in [6.07, 6.45) is 7.54. The van der Waals surface area contributed by atoms with Crippen molar-refractivity contribution in [1.29, 1.82) is 0 Å². The third-order valence-electron chi connectivity index (χ3n) is 20.8. The molecule has 0 aromatic rings. The fourth-order valence-corrected chi connectivity index (χ4v) is 14.1. The Hall–Kier alpha value is -5.94. The normalized spacial score (nSPS) is 46.1. The van der Waals surface area contributed by atoms with Gasteiger partial charge in [0.2, 0.25) is 0 Å². The van der Waals surface area contributed by atoms with Crippen LogP contribution in [0.4, 0.5) is 0 Å². The number of hydrogen-bond acceptors (Lipinski definition) is 30. The molecule has 112 heavy (non-hydrogen) atoms. The van der Waals surface area contributed by atoms with Crippen LogP contribution >= 0.6 is 0 Å².